The topological polar surface area (TPSA) is 102 Å². The largest absolute Gasteiger partial charge is 0.385 e. The van der Waals surface area contributed by atoms with Gasteiger partial charge in [-0.2, -0.15) is 0 Å². The predicted molar refractivity (Wildman–Crippen MR) is 72.1 cm³/mol. The van der Waals surface area contributed by atoms with Crippen molar-refractivity contribution in [1.29, 1.82) is 0 Å². The lowest BCUT2D eigenvalue weighted by Gasteiger charge is -2.32. The van der Waals surface area contributed by atoms with Crippen LogP contribution in [0.5, 0.6) is 0 Å². The molecule has 0 aromatic rings. The van der Waals surface area contributed by atoms with Gasteiger partial charge in [0.05, 0.1) is 19.0 Å². The summed E-state index contributed by atoms with van der Waals surface area (Å²) in [4.78, 5) is 14.5. The van der Waals surface area contributed by atoms with Gasteiger partial charge in [-0.1, -0.05) is 0 Å². The molecule has 0 aromatic carbocycles. The molecule has 3 aliphatic heterocycles. The standard InChI is InChI=1S/C10H16N5O3P/c1-19(16)6-17-7(3-18-19)2-15-5-14-8-9(11)12-4-13-10(8)15/h4-5,7-8,10H,2-3,6H2,1H3,(H2,11,12,13)/t7-,8?,10?,19?/m0/s1. The summed E-state index contributed by atoms with van der Waals surface area (Å²) in [5.41, 5.74) is 5.78. The first-order valence-electron chi connectivity index (χ1n) is 6.02. The lowest BCUT2D eigenvalue weighted by molar-refractivity contribution is 0.000746. The highest BCUT2D eigenvalue weighted by atomic mass is 31.2. The zero-order chi connectivity index (χ0) is 13.5. The maximum Gasteiger partial charge on any atom is 0.225 e. The molecule has 104 valence electrons. The Morgan fingerprint density at radius 1 is 1.58 bits per heavy atom. The summed E-state index contributed by atoms with van der Waals surface area (Å²) in [6, 6.07) is -0.216. The van der Waals surface area contributed by atoms with Crippen LogP contribution in [-0.4, -0.2) is 67.9 Å². The summed E-state index contributed by atoms with van der Waals surface area (Å²) < 4.78 is 22.5. The molecule has 1 fully saturated rings. The molecule has 0 spiro atoms. The third-order valence-electron chi connectivity index (χ3n) is 3.22. The fourth-order valence-corrected chi connectivity index (χ4v) is 3.23. The van der Waals surface area contributed by atoms with Crippen molar-refractivity contribution in [1.82, 2.24) is 4.90 Å². The van der Waals surface area contributed by atoms with Gasteiger partial charge in [0, 0.05) is 13.2 Å². The van der Waals surface area contributed by atoms with E-state index in [1.807, 2.05) is 4.90 Å². The smallest absolute Gasteiger partial charge is 0.225 e. The second kappa shape index (κ2) is 4.70. The minimum atomic E-state index is -2.55. The van der Waals surface area contributed by atoms with Gasteiger partial charge in [0.2, 0.25) is 7.37 Å². The van der Waals surface area contributed by atoms with Gasteiger partial charge in [-0.15, -0.1) is 0 Å². The van der Waals surface area contributed by atoms with Gasteiger partial charge in [-0.05, 0) is 0 Å². The summed E-state index contributed by atoms with van der Waals surface area (Å²) in [7, 11) is -2.55. The van der Waals surface area contributed by atoms with Gasteiger partial charge in [0.25, 0.3) is 0 Å². The van der Waals surface area contributed by atoms with Crippen LogP contribution in [0.4, 0.5) is 0 Å². The van der Waals surface area contributed by atoms with Crippen LogP contribution in [-0.2, 0) is 13.8 Å². The molecule has 9 heteroatoms. The number of hydrogen-bond donors (Lipinski definition) is 1. The van der Waals surface area contributed by atoms with E-state index in [1.165, 1.54) is 6.34 Å². The summed E-state index contributed by atoms with van der Waals surface area (Å²) in [5, 5.41) is 0. The molecule has 1 saturated heterocycles. The molecule has 0 bridgehead atoms. The fourth-order valence-electron chi connectivity index (χ4n) is 2.19. The van der Waals surface area contributed by atoms with Crippen LogP contribution < -0.4 is 5.73 Å². The first-order chi connectivity index (χ1) is 9.05. The van der Waals surface area contributed by atoms with E-state index >= 15 is 0 Å². The SMILES string of the molecule is CP1(=O)CO[C@@H](CN2C=NC3C(N)=NC=NC32)CO1. The molecule has 2 N–H and O–H groups in total. The number of amidine groups is 1. The minimum Gasteiger partial charge on any atom is -0.385 e. The van der Waals surface area contributed by atoms with E-state index < -0.39 is 7.37 Å². The Kier molecular flexibility index (Phi) is 3.16. The van der Waals surface area contributed by atoms with E-state index in [4.69, 9.17) is 15.0 Å². The summed E-state index contributed by atoms with van der Waals surface area (Å²) in [5.74, 6) is 0.470. The molecule has 3 rings (SSSR count). The summed E-state index contributed by atoms with van der Waals surface area (Å²) in [6.07, 6.45) is 3.03. The molecule has 8 nitrogen and oxygen atoms in total. The van der Waals surface area contributed by atoms with Gasteiger partial charge >= 0.3 is 0 Å². The maximum atomic E-state index is 11.6. The van der Waals surface area contributed by atoms with Crippen molar-refractivity contribution in [3.8, 4) is 0 Å². The van der Waals surface area contributed by atoms with E-state index in [9.17, 15) is 4.57 Å². The van der Waals surface area contributed by atoms with Crippen LogP contribution in [0.1, 0.15) is 0 Å². The van der Waals surface area contributed by atoms with Crippen molar-refractivity contribution < 1.29 is 13.8 Å². The van der Waals surface area contributed by atoms with Crippen LogP contribution in [0.2, 0.25) is 0 Å². The third-order valence-corrected chi connectivity index (χ3v) is 4.53. The Balaban J connectivity index is 1.60. The predicted octanol–water partition coefficient (Wildman–Crippen LogP) is -0.295. The lowest BCUT2D eigenvalue weighted by Crippen LogP contribution is -2.47. The number of ether oxygens (including phenoxy) is 1. The van der Waals surface area contributed by atoms with E-state index in [-0.39, 0.29) is 24.7 Å². The summed E-state index contributed by atoms with van der Waals surface area (Å²) >= 11 is 0. The van der Waals surface area contributed by atoms with Crippen molar-refractivity contribution in [2.24, 2.45) is 20.7 Å². The highest BCUT2D eigenvalue weighted by Gasteiger charge is 2.37. The van der Waals surface area contributed by atoms with Gasteiger partial charge in [0.15, 0.2) is 6.17 Å². The van der Waals surface area contributed by atoms with Crippen molar-refractivity contribution >= 4 is 25.9 Å². The van der Waals surface area contributed by atoms with E-state index in [0.717, 1.165) is 0 Å². The molecule has 0 aromatic heterocycles. The van der Waals surface area contributed by atoms with Crippen molar-refractivity contribution in [3.05, 3.63) is 0 Å². The monoisotopic (exact) mass is 285 g/mol. The van der Waals surface area contributed by atoms with E-state index in [1.54, 1.807) is 13.0 Å². The number of nitrogens with two attached hydrogens (primary N) is 1. The molecule has 3 heterocycles. The van der Waals surface area contributed by atoms with Crippen LogP contribution in [0, 0.1) is 0 Å². The molecule has 19 heavy (non-hydrogen) atoms. The first kappa shape index (κ1) is 12.8. The Morgan fingerprint density at radius 3 is 3.16 bits per heavy atom. The Bertz CT molecular complexity index is 493. The molecule has 3 unspecified atom stereocenters. The normalized spacial score (nSPS) is 41.2. The van der Waals surface area contributed by atoms with E-state index in [2.05, 4.69) is 15.0 Å². The van der Waals surface area contributed by atoms with Crippen molar-refractivity contribution in [3.63, 3.8) is 0 Å². The molecular formula is C10H16N5O3P. The fraction of sp³-hybridized carbons (Fsp3) is 0.700. The van der Waals surface area contributed by atoms with E-state index in [0.29, 0.717) is 19.0 Å². The lowest BCUT2D eigenvalue weighted by atomic mass is 10.2. The molecule has 4 atom stereocenters. The third kappa shape index (κ3) is 2.56. The molecule has 0 aliphatic carbocycles. The first-order valence-corrected chi connectivity index (χ1v) is 8.27. The number of nitrogens with zero attached hydrogens (tertiary/aromatic N) is 4. The Morgan fingerprint density at radius 2 is 2.42 bits per heavy atom. The highest BCUT2D eigenvalue weighted by molar-refractivity contribution is 7.58. The molecule has 0 radical (unpaired) electrons. The van der Waals surface area contributed by atoms with Gasteiger partial charge in [0.1, 0.15) is 24.6 Å². The van der Waals surface area contributed by atoms with Crippen LogP contribution in [0.15, 0.2) is 15.0 Å². The number of rotatable bonds is 2. The zero-order valence-corrected chi connectivity index (χ0v) is 11.4. The van der Waals surface area contributed by atoms with Crippen molar-refractivity contribution in [2.75, 3.05) is 26.2 Å². The number of fused-ring (bicyclic) bond motifs is 1. The van der Waals surface area contributed by atoms with Crippen LogP contribution in [0.25, 0.3) is 0 Å². The average molecular weight is 285 g/mol. The zero-order valence-electron chi connectivity index (χ0n) is 10.5. The molecular weight excluding hydrogens is 269 g/mol. The Hall–Kier alpha value is -1.24. The average Bonchev–Trinajstić information content (AvgIpc) is 2.77. The van der Waals surface area contributed by atoms with Crippen LogP contribution >= 0.6 is 7.37 Å². The Labute approximate surface area is 110 Å². The molecule has 3 aliphatic rings. The quantitative estimate of drug-likeness (QED) is 0.702. The minimum absolute atomic E-state index is 0.137. The highest BCUT2D eigenvalue weighted by Crippen LogP contribution is 2.45. The van der Waals surface area contributed by atoms with Gasteiger partial charge in [-0.25, -0.2) is 9.98 Å². The van der Waals surface area contributed by atoms with Crippen LogP contribution in [0.3, 0.4) is 0 Å². The van der Waals surface area contributed by atoms with Gasteiger partial charge in [-0.3, -0.25) is 9.56 Å². The maximum absolute atomic E-state index is 11.6. The van der Waals surface area contributed by atoms with Crippen molar-refractivity contribution in [2.45, 2.75) is 18.3 Å². The number of hydrogen-bond acceptors (Lipinski definition) is 8. The summed E-state index contributed by atoms with van der Waals surface area (Å²) in [6.45, 7) is 2.48. The second-order valence-corrected chi connectivity index (χ2v) is 7.41. The number of aliphatic imine (C=N–C) groups is 3. The second-order valence-electron chi connectivity index (χ2n) is 4.87. The molecule has 0 amide bonds. The van der Waals surface area contributed by atoms with Gasteiger partial charge < -0.3 is 19.9 Å². The molecule has 0 saturated carbocycles.